The maximum atomic E-state index is 12.0. The van der Waals surface area contributed by atoms with Crippen molar-refractivity contribution in [3.8, 4) is 0 Å². The van der Waals surface area contributed by atoms with Crippen LogP contribution in [-0.2, 0) is 26.1 Å². The molecule has 2 rings (SSSR count). The fraction of sp³-hybridized carbons (Fsp3) is 0.263. The third-order valence-corrected chi connectivity index (χ3v) is 3.90. The molecule has 0 bridgehead atoms. The van der Waals surface area contributed by atoms with E-state index >= 15 is 0 Å². The van der Waals surface area contributed by atoms with Gasteiger partial charge in [-0.05, 0) is 32.1 Å². The van der Waals surface area contributed by atoms with E-state index < -0.39 is 24.5 Å². The molecule has 0 spiro atoms. The number of carbonyl (C=O) groups excluding carboxylic acids is 3. The second-order valence-corrected chi connectivity index (χ2v) is 5.73. The van der Waals surface area contributed by atoms with E-state index in [2.05, 4.69) is 15.2 Å². The minimum absolute atomic E-state index is 0.210. The van der Waals surface area contributed by atoms with Gasteiger partial charge in [0.15, 0.2) is 6.61 Å². The highest BCUT2D eigenvalue weighted by atomic mass is 16.5. The predicted molar refractivity (Wildman–Crippen MR) is 99.1 cm³/mol. The fourth-order valence-corrected chi connectivity index (χ4v) is 2.43. The van der Waals surface area contributed by atoms with Crippen molar-refractivity contribution >= 4 is 29.6 Å². The number of carbonyl (C=O) groups is 3. The standard InChI is InChI=1S/C19H21N3O5/c1-12-14(13(2)22(3)21-12)9-10-18(24)27-11-17(23)20-16-8-6-5-7-15(16)19(25)26-4/h5-10H,11H2,1-4H3,(H,20,23)/b10-9+. The van der Waals surface area contributed by atoms with Crippen molar-refractivity contribution in [2.45, 2.75) is 13.8 Å². The second-order valence-electron chi connectivity index (χ2n) is 5.73. The summed E-state index contributed by atoms with van der Waals surface area (Å²) in [5.74, 6) is -1.80. The number of amides is 1. The van der Waals surface area contributed by atoms with E-state index in [0.29, 0.717) is 0 Å². The van der Waals surface area contributed by atoms with Crippen LogP contribution in [-0.4, -0.2) is 41.3 Å². The van der Waals surface area contributed by atoms with Gasteiger partial charge in [0.05, 0.1) is 24.1 Å². The highest BCUT2D eigenvalue weighted by Gasteiger charge is 2.14. The number of benzene rings is 1. The molecular formula is C19H21N3O5. The number of hydrogen-bond donors (Lipinski definition) is 1. The van der Waals surface area contributed by atoms with E-state index in [9.17, 15) is 14.4 Å². The Hall–Kier alpha value is -3.42. The number of aromatic nitrogens is 2. The molecule has 0 aliphatic carbocycles. The third-order valence-electron chi connectivity index (χ3n) is 3.90. The lowest BCUT2D eigenvalue weighted by molar-refractivity contribution is -0.142. The van der Waals surface area contributed by atoms with Gasteiger partial charge in [-0.1, -0.05) is 12.1 Å². The average molecular weight is 371 g/mol. The van der Waals surface area contributed by atoms with Crippen molar-refractivity contribution in [3.63, 3.8) is 0 Å². The summed E-state index contributed by atoms with van der Waals surface area (Å²) in [6.07, 6.45) is 2.84. The molecule has 0 atom stereocenters. The number of methoxy groups -OCH3 is 1. The van der Waals surface area contributed by atoms with Gasteiger partial charge in [-0.3, -0.25) is 9.48 Å². The molecule has 1 amide bonds. The normalized spacial score (nSPS) is 10.7. The Morgan fingerprint density at radius 2 is 1.93 bits per heavy atom. The Bertz CT molecular complexity index is 899. The molecule has 0 aliphatic heterocycles. The van der Waals surface area contributed by atoms with Crippen LogP contribution in [0.2, 0.25) is 0 Å². The summed E-state index contributed by atoms with van der Waals surface area (Å²) in [5.41, 5.74) is 3.01. The van der Waals surface area contributed by atoms with Gasteiger partial charge >= 0.3 is 11.9 Å². The monoisotopic (exact) mass is 371 g/mol. The van der Waals surface area contributed by atoms with E-state index in [0.717, 1.165) is 17.0 Å². The molecule has 1 aromatic heterocycles. The van der Waals surface area contributed by atoms with E-state index in [1.807, 2.05) is 20.9 Å². The third kappa shape index (κ3) is 5.04. The van der Waals surface area contributed by atoms with Crippen LogP contribution in [0.1, 0.15) is 27.3 Å². The van der Waals surface area contributed by atoms with E-state index in [4.69, 9.17) is 4.74 Å². The molecule has 8 heteroatoms. The Labute approximate surface area is 156 Å². The van der Waals surface area contributed by atoms with E-state index in [-0.39, 0.29) is 11.3 Å². The van der Waals surface area contributed by atoms with Crippen molar-refractivity contribution in [3.05, 3.63) is 52.9 Å². The van der Waals surface area contributed by atoms with E-state index in [1.165, 1.54) is 19.3 Å². The summed E-state index contributed by atoms with van der Waals surface area (Å²) in [6, 6.07) is 6.39. The number of anilines is 1. The lowest BCUT2D eigenvalue weighted by Gasteiger charge is -2.09. The first kappa shape index (κ1) is 19.9. The molecule has 8 nitrogen and oxygen atoms in total. The molecule has 0 saturated carbocycles. The molecule has 0 aliphatic rings. The zero-order chi connectivity index (χ0) is 20.0. The summed E-state index contributed by atoms with van der Waals surface area (Å²) < 4.78 is 11.3. The largest absolute Gasteiger partial charge is 0.465 e. The quantitative estimate of drug-likeness (QED) is 0.616. The van der Waals surface area contributed by atoms with E-state index in [1.54, 1.807) is 29.0 Å². The van der Waals surface area contributed by atoms with Gasteiger partial charge in [-0.25, -0.2) is 9.59 Å². The van der Waals surface area contributed by atoms with Crippen LogP contribution in [0.4, 0.5) is 5.69 Å². The average Bonchev–Trinajstić information content (AvgIpc) is 2.89. The van der Waals surface area contributed by atoms with Gasteiger partial charge < -0.3 is 14.8 Å². The van der Waals surface area contributed by atoms with Crippen molar-refractivity contribution < 1.29 is 23.9 Å². The molecule has 1 heterocycles. The predicted octanol–water partition coefficient (Wildman–Crippen LogP) is 2.02. The lowest BCUT2D eigenvalue weighted by atomic mass is 10.2. The molecule has 0 unspecified atom stereocenters. The summed E-state index contributed by atoms with van der Waals surface area (Å²) in [4.78, 5) is 35.5. The molecule has 0 saturated heterocycles. The first-order valence-corrected chi connectivity index (χ1v) is 8.15. The molecule has 0 radical (unpaired) electrons. The minimum Gasteiger partial charge on any atom is -0.465 e. The van der Waals surface area contributed by atoms with Gasteiger partial charge in [0, 0.05) is 24.4 Å². The lowest BCUT2D eigenvalue weighted by Crippen LogP contribution is -2.21. The number of hydrogen-bond acceptors (Lipinski definition) is 6. The molecule has 1 N–H and O–H groups in total. The highest BCUT2D eigenvalue weighted by Crippen LogP contribution is 2.16. The van der Waals surface area contributed by atoms with Crippen LogP contribution in [0.3, 0.4) is 0 Å². The van der Waals surface area contributed by atoms with Crippen LogP contribution in [0.5, 0.6) is 0 Å². The van der Waals surface area contributed by atoms with Gasteiger partial charge in [0.2, 0.25) is 0 Å². The second kappa shape index (κ2) is 8.79. The molecule has 0 fully saturated rings. The van der Waals surface area contributed by atoms with Crippen molar-refractivity contribution in [1.82, 2.24) is 9.78 Å². The van der Waals surface area contributed by atoms with Gasteiger partial charge in [0.1, 0.15) is 0 Å². The summed E-state index contributed by atoms with van der Waals surface area (Å²) >= 11 is 0. The number of esters is 2. The zero-order valence-electron chi connectivity index (χ0n) is 15.6. The molecule has 2 aromatic rings. The summed E-state index contributed by atoms with van der Waals surface area (Å²) in [7, 11) is 3.06. The summed E-state index contributed by atoms with van der Waals surface area (Å²) in [6.45, 7) is 3.24. The Morgan fingerprint density at radius 1 is 1.22 bits per heavy atom. The molecule has 27 heavy (non-hydrogen) atoms. The van der Waals surface area contributed by atoms with Crippen LogP contribution in [0.25, 0.3) is 6.08 Å². The zero-order valence-corrected chi connectivity index (χ0v) is 15.6. The first-order valence-electron chi connectivity index (χ1n) is 8.15. The van der Waals surface area contributed by atoms with Crippen LogP contribution in [0, 0.1) is 13.8 Å². The van der Waals surface area contributed by atoms with Gasteiger partial charge in [-0.2, -0.15) is 5.10 Å². The maximum absolute atomic E-state index is 12.0. The number of nitrogens with zero attached hydrogens (tertiary/aromatic N) is 2. The highest BCUT2D eigenvalue weighted by molar-refractivity contribution is 6.02. The van der Waals surface area contributed by atoms with Crippen LogP contribution in [0.15, 0.2) is 30.3 Å². The topological polar surface area (TPSA) is 99.5 Å². The minimum atomic E-state index is -0.658. The van der Waals surface area contributed by atoms with Crippen molar-refractivity contribution in [2.75, 3.05) is 19.0 Å². The molecule has 142 valence electrons. The Morgan fingerprint density at radius 3 is 2.56 bits per heavy atom. The number of ether oxygens (including phenoxy) is 2. The van der Waals surface area contributed by atoms with Crippen LogP contribution >= 0.6 is 0 Å². The number of nitrogens with one attached hydrogen (secondary N) is 1. The molecular weight excluding hydrogens is 350 g/mol. The number of para-hydroxylation sites is 1. The van der Waals surface area contributed by atoms with Gasteiger partial charge in [-0.15, -0.1) is 0 Å². The SMILES string of the molecule is COC(=O)c1ccccc1NC(=O)COC(=O)/C=C/c1c(C)nn(C)c1C. The van der Waals surface area contributed by atoms with Crippen molar-refractivity contribution in [2.24, 2.45) is 7.05 Å². The summed E-state index contributed by atoms with van der Waals surface area (Å²) in [5, 5.41) is 6.77. The van der Waals surface area contributed by atoms with Gasteiger partial charge in [0.25, 0.3) is 5.91 Å². The van der Waals surface area contributed by atoms with Crippen molar-refractivity contribution in [1.29, 1.82) is 0 Å². The number of aryl methyl sites for hydroxylation is 2. The Balaban J connectivity index is 1.93. The number of rotatable bonds is 6. The first-order chi connectivity index (χ1) is 12.8. The maximum Gasteiger partial charge on any atom is 0.339 e. The fourth-order valence-electron chi connectivity index (χ4n) is 2.43. The Kier molecular flexibility index (Phi) is 6.48. The van der Waals surface area contributed by atoms with Crippen LogP contribution < -0.4 is 5.32 Å². The molecule has 1 aromatic carbocycles. The smallest absolute Gasteiger partial charge is 0.339 e.